The van der Waals surface area contributed by atoms with Gasteiger partial charge in [0.1, 0.15) is 5.76 Å². The van der Waals surface area contributed by atoms with E-state index in [9.17, 15) is 9.59 Å². The molecule has 142 valence electrons. The van der Waals surface area contributed by atoms with E-state index in [1.165, 1.54) is 0 Å². The molecule has 1 aromatic heterocycles. The zero-order valence-corrected chi connectivity index (χ0v) is 15.8. The number of piperazine rings is 1. The lowest BCUT2D eigenvalue weighted by Gasteiger charge is -2.37. The van der Waals surface area contributed by atoms with Gasteiger partial charge in [-0.05, 0) is 24.3 Å². The lowest BCUT2D eigenvalue weighted by atomic mass is 10.1. The average Bonchev–Trinajstić information content (AvgIpc) is 3.32. The fraction of sp³-hybridized carbons (Fsp3) is 0.400. The quantitative estimate of drug-likeness (QED) is 0.809. The molecule has 0 N–H and O–H groups in total. The first kappa shape index (κ1) is 17.9. The van der Waals surface area contributed by atoms with E-state index in [1.54, 1.807) is 17.2 Å². The van der Waals surface area contributed by atoms with Gasteiger partial charge in [0.2, 0.25) is 11.8 Å². The number of amides is 2. The molecule has 0 radical (unpaired) electrons. The molecule has 2 aliphatic heterocycles. The topological polar surface area (TPSA) is 57.0 Å². The van der Waals surface area contributed by atoms with Gasteiger partial charge >= 0.3 is 0 Å². The van der Waals surface area contributed by atoms with Crippen molar-refractivity contribution in [3.63, 3.8) is 0 Å². The Bertz CT molecular complexity index is 816. The summed E-state index contributed by atoms with van der Waals surface area (Å²) in [5.74, 6) is 0.563. The molecule has 6 nitrogen and oxygen atoms in total. The number of furan rings is 1. The number of rotatable bonds is 4. The Balaban J connectivity index is 1.33. The summed E-state index contributed by atoms with van der Waals surface area (Å²) in [5, 5.41) is 0.729. The van der Waals surface area contributed by atoms with Crippen LogP contribution in [-0.4, -0.2) is 54.3 Å². The van der Waals surface area contributed by atoms with Crippen LogP contribution >= 0.6 is 11.6 Å². The Morgan fingerprint density at radius 1 is 1.11 bits per heavy atom. The smallest absolute Gasteiger partial charge is 0.228 e. The summed E-state index contributed by atoms with van der Waals surface area (Å²) in [6.07, 6.45) is 1.88. The number of hydrogen-bond donors (Lipinski definition) is 0. The number of benzene rings is 1. The summed E-state index contributed by atoms with van der Waals surface area (Å²) in [6.45, 7) is 3.66. The zero-order valence-electron chi connectivity index (χ0n) is 15.0. The number of anilines is 1. The van der Waals surface area contributed by atoms with E-state index in [-0.39, 0.29) is 24.2 Å². The Hall–Kier alpha value is -2.47. The molecular weight excluding hydrogens is 366 g/mol. The van der Waals surface area contributed by atoms with Crippen LogP contribution in [-0.2, 0) is 16.1 Å². The summed E-state index contributed by atoms with van der Waals surface area (Å²) in [7, 11) is 0. The zero-order chi connectivity index (χ0) is 18.8. The molecule has 0 spiro atoms. The minimum absolute atomic E-state index is 0.0134. The number of carbonyl (C=O) groups excluding carboxylic acids is 2. The van der Waals surface area contributed by atoms with Gasteiger partial charge in [0.05, 0.1) is 29.4 Å². The molecule has 0 bridgehead atoms. The van der Waals surface area contributed by atoms with Gasteiger partial charge in [0, 0.05) is 39.1 Å². The molecule has 2 aliphatic rings. The molecular formula is C20H22ClN3O3. The van der Waals surface area contributed by atoms with Crippen molar-refractivity contribution in [2.24, 2.45) is 5.92 Å². The van der Waals surface area contributed by atoms with Gasteiger partial charge in [-0.3, -0.25) is 9.59 Å². The first-order valence-corrected chi connectivity index (χ1v) is 9.58. The van der Waals surface area contributed by atoms with Crippen molar-refractivity contribution >= 4 is 29.1 Å². The molecule has 1 unspecified atom stereocenters. The second-order valence-corrected chi connectivity index (χ2v) is 7.43. The van der Waals surface area contributed by atoms with Crippen LogP contribution in [0.15, 0.2) is 47.1 Å². The predicted octanol–water partition coefficient (Wildman–Crippen LogP) is 2.63. The van der Waals surface area contributed by atoms with Gasteiger partial charge in [-0.1, -0.05) is 23.7 Å². The van der Waals surface area contributed by atoms with Crippen molar-refractivity contribution in [2.45, 2.75) is 13.0 Å². The summed E-state index contributed by atoms with van der Waals surface area (Å²) in [4.78, 5) is 30.9. The van der Waals surface area contributed by atoms with E-state index in [4.69, 9.17) is 16.0 Å². The molecule has 27 heavy (non-hydrogen) atoms. The summed E-state index contributed by atoms with van der Waals surface area (Å²) < 4.78 is 5.31. The third kappa shape index (κ3) is 3.81. The first-order chi connectivity index (χ1) is 13.1. The fourth-order valence-corrected chi connectivity index (χ4v) is 4.07. The molecule has 1 atom stereocenters. The van der Waals surface area contributed by atoms with Gasteiger partial charge in [-0.15, -0.1) is 0 Å². The lowest BCUT2D eigenvalue weighted by Crippen LogP contribution is -2.50. The largest absolute Gasteiger partial charge is 0.467 e. The molecule has 1 aromatic carbocycles. The van der Waals surface area contributed by atoms with Crippen molar-refractivity contribution in [1.29, 1.82) is 0 Å². The Kier molecular flexibility index (Phi) is 5.07. The molecule has 2 fully saturated rings. The standard InChI is InChI=1S/C20H22ClN3O3/c21-17-5-1-2-6-18(17)22-7-9-23(10-8-22)20(26)15-12-19(25)24(13-15)14-16-4-3-11-27-16/h1-6,11,15H,7-10,12-14H2. The summed E-state index contributed by atoms with van der Waals surface area (Å²) >= 11 is 6.28. The number of likely N-dealkylation sites (tertiary alicyclic amines) is 1. The lowest BCUT2D eigenvalue weighted by molar-refractivity contribution is -0.136. The van der Waals surface area contributed by atoms with Gasteiger partial charge in [0.25, 0.3) is 0 Å². The Labute approximate surface area is 163 Å². The third-order valence-electron chi connectivity index (χ3n) is 5.28. The van der Waals surface area contributed by atoms with E-state index in [1.807, 2.05) is 35.2 Å². The molecule has 3 heterocycles. The number of hydrogen-bond acceptors (Lipinski definition) is 4. The van der Waals surface area contributed by atoms with Gasteiger partial charge in [-0.25, -0.2) is 0 Å². The predicted molar refractivity (Wildman–Crippen MR) is 102 cm³/mol. The summed E-state index contributed by atoms with van der Waals surface area (Å²) in [6, 6.07) is 11.4. The molecule has 2 amide bonds. The van der Waals surface area contributed by atoms with Crippen molar-refractivity contribution in [2.75, 3.05) is 37.6 Å². The Morgan fingerprint density at radius 2 is 1.89 bits per heavy atom. The van der Waals surface area contributed by atoms with Gasteiger partial charge in [-0.2, -0.15) is 0 Å². The molecule has 7 heteroatoms. The highest BCUT2D eigenvalue weighted by molar-refractivity contribution is 6.33. The molecule has 2 saturated heterocycles. The van der Waals surface area contributed by atoms with Crippen LogP contribution in [0.3, 0.4) is 0 Å². The number of halogens is 1. The van der Waals surface area contributed by atoms with E-state index in [0.717, 1.165) is 29.6 Å². The van der Waals surface area contributed by atoms with Crippen LogP contribution in [0.4, 0.5) is 5.69 Å². The van der Waals surface area contributed by atoms with Crippen LogP contribution < -0.4 is 4.90 Å². The molecule has 0 saturated carbocycles. The molecule has 4 rings (SSSR count). The average molecular weight is 388 g/mol. The second kappa shape index (κ2) is 7.64. The van der Waals surface area contributed by atoms with Crippen LogP contribution in [0, 0.1) is 5.92 Å². The van der Waals surface area contributed by atoms with Gasteiger partial charge < -0.3 is 19.1 Å². The van der Waals surface area contributed by atoms with E-state index in [0.29, 0.717) is 26.2 Å². The fourth-order valence-electron chi connectivity index (χ4n) is 3.82. The Morgan fingerprint density at radius 3 is 2.59 bits per heavy atom. The van der Waals surface area contributed by atoms with E-state index >= 15 is 0 Å². The van der Waals surface area contributed by atoms with Crippen molar-refractivity contribution in [1.82, 2.24) is 9.80 Å². The maximum atomic E-state index is 12.9. The van der Waals surface area contributed by atoms with Crippen LogP contribution in [0.25, 0.3) is 0 Å². The second-order valence-electron chi connectivity index (χ2n) is 7.02. The maximum Gasteiger partial charge on any atom is 0.228 e. The monoisotopic (exact) mass is 387 g/mol. The third-order valence-corrected chi connectivity index (χ3v) is 5.59. The van der Waals surface area contributed by atoms with Crippen LogP contribution in [0.1, 0.15) is 12.2 Å². The van der Waals surface area contributed by atoms with E-state index in [2.05, 4.69) is 4.90 Å². The number of nitrogens with zero attached hydrogens (tertiary/aromatic N) is 3. The van der Waals surface area contributed by atoms with E-state index < -0.39 is 0 Å². The minimum atomic E-state index is -0.265. The van der Waals surface area contributed by atoms with Crippen molar-refractivity contribution < 1.29 is 14.0 Å². The number of carbonyl (C=O) groups is 2. The molecule has 2 aromatic rings. The normalized spacial score (nSPS) is 20.4. The van der Waals surface area contributed by atoms with Crippen molar-refractivity contribution in [3.8, 4) is 0 Å². The molecule has 0 aliphatic carbocycles. The first-order valence-electron chi connectivity index (χ1n) is 9.20. The minimum Gasteiger partial charge on any atom is -0.467 e. The highest BCUT2D eigenvalue weighted by atomic mass is 35.5. The number of para-hydroxylation sites is 1. The SMILES string of the molecule is O=C1CC(C(=O)N2CCN(c3ccccc3Cl)CC2)CN1Cc1ccco1. The summed E-state index contributed by atoms with van der Waals surface area (Å²) in [5.41, 5.74) is 1.01. The van der Waals surface area contributed by atoms with Crippen LogP contribution in [0.5, 0.6) is 0 Å². The highest BCUT2D eigenvalue weighted by Crippen LogP contribution is 2.27. The highest BCUT2D eigenvalue weighted by Gasteiger charge is 2.37. The maximum absolute atomic E-state index is 12.9. The van der Waals surface area contributed by atoms with Crippen LogP contribution in [0.2, 0.25) is 5.02 Å². The van der Waals surface area contributed by atoms with Gasteiger partial charge in [0.15, 0.2) is 0 Å². The van der Waals surface area contributed by atoms with Crippen molar-refractivity contribution in [3.05, 3.63) is 53.4 Å².